The van der Waals surface area contributed by atoms with Crippen LogP contribution >= 0.6 is 11.3 Å². The van der Waals surface area contributed by atoms with Crippen LogP contribution in [0.3, 0.4) is 0 Å². The van der Waals surface area contributed by atoms with E-state index in [9.17, 15) is 0 Å². The fraction of sp³-hybridized carbons (Fsp3) is 0.214. The smallest absolute Gasteiger partial charge is 0.273 e. The molecular weight excluding hydrogens is 758 g/mol. The number of fused-ring (bicyclic) bond motifs is 11. The van der Waals surface area contributed by atoms with E-state index in [4.69, 9.17) is 0 Å². The Labute approximate surface area is 364 Å². The van der Waals surface area contributed by atoms with Crippen LogP contribution in [-0.2, 0) is 16.2 Å². The van der Waals surface area contributed by atoms with Crippen molar-refractivity contribution in [2.45, 2.75) is 78.6 Å². The van der Waals surface area contributed by atoms with Crippen molar-refractivity contribution in [2.75, 3.05) is 9.80 Å². The molecule has 5 heteroatoms. The summed E-state index contributed by atoms with van der Waals surface area (Å²) < 4.78 is 5.33. The fourth-order valence-corrected chi connectivity index (χ4v) is 11.9. The molecule has 4 bridgehead atoms. The second-order valence-corrected chi connectivity index (χ2v) is 21.4. The van der Waals surface area contributed by atoms with Crippen molar-refractivity contribution in [1.82, 2.24) is 4.57 Å². The minimum atomic E-state index is -0.232. The third-order valence-electron chi connectivity index (χ3n) is 14.1. The van der Waals surface area contributed by atoms with Crippen LogP contribution in [0.25, 0.3) is 36.8 Å². The van der Waals surface area contributed by atoms with Crippen LogP contribution in [-0.4, -0.2) is 11.3 Å². The van der Waals surface area contributed by atoms with Gasteiger partial charge in [0, 0.05) is 70.7 Å². The molecule has 0 aliphatic carbocycles. The third kappa shape index (κ3) is 5.10. The summed E-state index contributed by atoms with van der Waals surface area (Å²) in [6, 6.07) is 54.3. The Morgan fingerprint density at radius 2 is 1.18 bits per heavy atom. The highest BCUT2D eigenvalue weighted by Gasteiger charge is 2.48. The van der Waals surface area contributed by atoms with E-state index in [1.54, 1.807) is 0 Å². The molecule has 12 rings (SSSR count). The van der Waals surface area contributed by atoms with Gasteiger partial charge in [-0.2, -0.15) is 0 Å². The second kappa shape index (κ2) is 12.3. The minimum absolute atomic E-state index is 0.0318. The first kappa shape index (κ1) is 36.8. The Balaban J connectivity index is 1.28. The summed E-state index contributed by atoms with van der Waals surface area (Å²) in [5.41, 5.74) is 20.3. The first-order valence-corrected chi connectivity index (χ1v) is 22.7. The summed E-state index contributed by atoms with van der Waals surface area (Å²) in [6.45, 7) is 20.9. The normalized spacial score (nSPS) is 15.0. The quantitative estimate of drug-likeness (QED) is 0.161. The van der Waals surface area contributed by atoms with E-state index in [2.05, 4.69) is 216 Å². The van der Waals surface area contributed by atoms with Gasteiger partial charge in [0.05, 0.1) is 11.2 Å². The molecule has 0 unspecified atom stereocenters. The standard InChI is InChI=1S/C56H50BN3S/c1-33-29-45-50-46(30-33)59(39-24-19-35(20-25-39)55(5,6)7)52-42-26-28-48-49(41-15-10-11-16-47(41)61-48)51(42)60-40-14-12-13-36(31-40)56(8,9)37-21-27-44(43(32-37)57(50)53(52)60)58(45)38-22-17-34(18-23-38)54(2,3)4/h10-32H,1-9H3. The van der Waals surface area contributed by atoms with Gasteiger partial charge in [-0.15, -0.1) is 11.3 Å². The molecule has 0 saturated carbocycles. The zero-order valence-corrected chi connectivity index (χ0v) is 37.4. The summed E-state index contributed by atoms with van der Waals surface area (Å²) in [7, 11) is 0. The molecule has 0 fully saturated rings. The summed E-state index contributed by atoms with van der Waals surface area (Å²) in [5, 5.41) is 3.93. The predicted molar refractivity (Wildman–Crippen MR) is 264 cm³/mol. The predicted octanol–water partition coefficient (Wildman–Crippen LogP) is 13.6. The van der Waals surface area contributed by atoms with E-state index in [0.29, 0.717) is 0 Å². The van der Waals surface area contributed by atoms with Gasteiger partial charge >= 0.3 is 0 Å². The number of anilines is 6. The maximum atomic E-state index is 2.69. The Kier molecular flexibility index (Phi) is 7.41. The molecule has 9 aromatic rings. The Bertz CT molecular complexity index is 3310. The monoisotopic (exact) mass is 807 g/mol. The van der Waals surface area contributed by atoms with Gasteiger partial charge < -0.3 is 14.4 Å². The van der Waals surface area contributed by atoms with Crippen molar-refractivity contribution in [3.8, 4) is 5.69 Å². The maximum Gasteiger partial charge on any atom is 0.273 e. The van der Waals surface area contributed by atoms with Gasteiger partial charge in [-0.05, 0) is 129 Å². The molecule has 7 aromatic carbocycles. The first-order valence-electron chi connectivity index (χ1n) is 21.9. The van der Waals surface area contributed by atoms with E-state index in [-0.39, 0.29) is 23.0 Å². The number of hydrogen-bond acceptors (Lipinski definition) is 3. The molecule has 0 atom stereocenters. The van der Waals surface area contributed by atoms with Crippen LogP contribution in [0.5, 0.6) is 0 Å². The number of aryl methyl sites for hydroxylation is 1. The molecule has 298 valence electrons. The molecular formula is C56H50BN3S. The van der Waals surface area contributed by atoms with Crippen molar-refractivity contribution in [3.05, 3.63) is 167 Å². The second-order valence-electron chi connectivity index (χ2n) is 20.4. The van der Waals surface area contributed by atoms with Gasteiger partial charge in [0.2, 0.25) is 0 Å². The van der Waals surface area contributed by atoms with Gasteiger partial charge in [-0.1, -0.05) is 122 Å². The Hall–Kier alpha value is -6.04. The summed E-state index contributed by atoms with van der Waals surface area (Å²) in [4.78, 5) is 5.19. The van der Waals surface area contributed by atoms with Gasteiger partial charge in [0.1, 0.15) is 0 Å². The summed E-state index contributed by atoms with van der Waals surface area (Å²) >= 11 is 1.90. The van der Waals surface area contributed by atoms with Crippen molar-refractivity contribution in [2.24, 2.45) is 0 Å². The lowest BCUT2D eigenvalue weighted by Crippen LogP contribution is -2.63. The number of aromatic nitrogens is 1. The SMILES string of the molecule is Cc1cc2c3c(c1)N(c1ccc(C(C)(C)C)cc1)c1c4n(c5c1ccc1sc6ccccc6c15)-c1cccc(c1)C(C)(C)c1ccc(c(c1)B34)N2c1ccc(C(C)(C)C)cc1. The van der Waals surface area contributed by atoms with Crippen LogP contribution in [0.15, 0.2) is 140 Å². The minimum Gasteiger partial charge on any atom is -0.319 e. The van der Waals surface area contributed by atoms with E-state index in [0.717, 1.165) is 0 Å². The number of nitrogens with zero attached hydrogens (tertiary/aromatic N) is 3. The van der Waals surface area contributed by atoms with Crippen LogP contribution in [0.4, 0.5) is 34.1 Å². The molecule has 0 saturated heterocycles. The van der Waals surface area contributed by atoms with Crippen molar-refractivity contribution < 1.29 is 0 Å². The highest BCUT2D eigenvalue weighted by molar-refractivity contribution is 7.26. The fourth-order valence-electron chi connectivity index (χ4n) is 10.8. The first-order chi connectivity index (χ1) is 29.2. The molecule has 0 spiro atoms. The third-order valence-corrected chi connectivity index (χ3v) is 15.3. The molecule has 5 heterocycles. The van der Waals surface area contributed by atoms with Crippen LogP contribution in [0, 0.1) is 6.92 Å². The number of hydrogen-bond donors (Lipinski definition) is 0. The van der Waals surface area contributed by atoms with E-state index in [1.165, 1.54) is 115 Å². The Morgan fingerprint density at radius 3 is 1.87 bits per heavy atom. The summed E-state index contributed by atoms with van der Waals surface area (Å²) in [5.74, 6) is 0. The lowest BCUT2D eigenvalue weighted by Gasteiger charge is -2.44. The van der Waals surface area contributed by atoms with Crippen LogP contribution in [0.2, 0.25) is 0 Å². The molecule has 3 aliphatic rings. The molecule has 0 amide bonds. The van der Waals surface area contributed by atoms with E-state index < -0.39 is 0 Å². The Morgan fingerprint density at radius 1 is 0.541 bits per heavy atom. The molecule has 0 N–H and O–H groups in total. The van der Waals surface area contributed by atoms with Gasteiger partial charge in [-0.25, -0.2) is 0 Å². The van der Waals surface area contributed by atoms with Crippen LogP contribution in [0.1, 0.15) is 83.2 Å². The number of rotatable bonds is 2. The maximum absolute atomic E-state index is 2.69. The van der Waals surface area contributed by atoms with E-state index >= 15 is 0 Å². The highest BCUT2D eigenvalue weighted by Crippen LogP contribution is 2.51. The zero-order valence-electron chi connectivity index (χ0n) is 36.6. The molecule has 61 heavy (non-hydrogen) atoms. The van der Waals surface area contributed by atoms with Crippen molar-refractivity contribution in [1.29, 1.82) is 0 Å². The van der Waals surface area contributed by atoms with Crippen molar-refractivity contribution in [3.63, 3.8) is 0 Å². The topological polar surface area (TPSA) is 11.4 Å². The highest BCUT2D eigenvalue weighted by atomic mass is 32.1. The lowest BCUT2D eigenvalue weighted by molar-refractivity contribution is 0.590. The number of thiophene rings is 1. The molecule has 3 aliphatic heterocycles. The lowest BCUT2D eigenvalue weighted by atomic mass is 9.34. The zero-order chi connectivity index (χ0) is 41.9. The number of benzene rings is 7. The van der Waals surface area contributed by atoms with Crippen LogP contribution < -0.4 is 26.3 Å². The molecule has 2 aromatic heterocycles. The largest absolute Gasteiger partial charge is 0.319 e. The average molecular weight is 808 g/mol. The van der Waals surface area contributed by atoms with E-state index in [1.807, 2.05) is 11.3 Å². The van der Waals surface area contributed by atoms with Gasteiger partial charge in [0.15, 0.2) is 0 Å². The van der Waals surface area contributed by atoms with Crippen molar-refractivity contribution >= 4 is 99.8 Å². The molecule has 3 nitrogen and oxygen atoms in total. The van der Waals surface area contributed by atoms with Gasteiger partial charge in [-0.3, -0.25) is 0 Å². The van der Waals surface area contributed by atoms with Gasteiger partial charge in [0.25, 0.3) is 6.71 Å². The average Bonchev–Trinajstić information content (AvgIpc) is 3.78. The summed E-state index contributed by atoms with van der Waals surface area (Å²) in [6.07, 6.45) is 0. The molecule has 0 radical (unpaired) electrons.